The predicted octanol–water partition coefficient (Wildman–Crippen LogP) is 3.24. The lowest BCUT2D eigenvalue weighted by molar-refractivity contribution is -0.106. The normalized spacial score (nSPS) is 28.7. The van der Waals surface area contributed by atoms with E-state index in [0.717, 1.165) is 30.8 Å². The molecule has 0 aliphatic carbocycles. The molecule has 0 saturated carbocycles. The highest BCUT2D eigenvalue weighted by atomic mass is 79.9. The molecular weight excluding hydrogens is 354 g/mol. The van der Waals surface area contributed by atoms with Crippen LogP contribution in [-0.2, 0) is 9.47 Å². The summed E-state index contributed by atoms with van der Waals surface area (Å²) in [5.41, 5.74) is 6.70. The molecule has 2 fully saturated rings. The summed E-state index contributed by atoms with van der Waals surface area (Å²) in [7, 11) is 0. The third-order valence-corrected chi connectivity index (χ3v) is 5.91. The van der Waals surface area contributed by atoms with Crippen LogP contribution in [0.1, 0.15) is 29.6 Å². The van der Waals surface area contributed by atoms with Crippen molar-refractivity contribution in [1.29, 1.82) is 0 Å². The van der Waals surface area contributed by atoms with Crippen molar-refractivity contribution in [2.24, 2.45) is 0 Å². The molecule has 2 atom stereocenters. The first-order valence-electron chi connectivity index (χ1n) is 7.06. The molecule has 2 N–H and O–H groups in total. The zero-order chi connectivity index (χ0) is 14.9. The van der Waals surface area contributed by atoms with E-state index < -0.39 is 0 Å². The maximum atomic E-state index is 12.3. The number of hydrogen-bond donors (Lipinski definition) is 1. The molecule has 0 aromatic heterocycles. The van der Waals surface area contributed by atoms with Gasteiger partial charge >= 0.3 is 5.97 Å². The summed E-state index contributed by atoms with van der Waals surface area (Å²) in [5.74, 6) is 1.81. The first-order valence-corrected chi connectivity index (χ1v) is 9.00. The van der Waals surface area contributed by atoms with Crippen LogP contribution in [0.25, 0.3) is 0 Å². The Morgan fingerprint density at radius 1 is 1.52 bits per heavy atom. The maximum Gasteiger partial charge on any atom is 0.339 e. The number of hydrogen-bond acceptors (Lipinski definition) is 5. The summed E-state index contributed by atoms with van der Waals surface area (Å²) in [6, 6.07) is 5.16. The van der Waals surface area contributed by atoms with Gasteiger partial charge in [-0.25, -0.2) is 4.79 Å². The van der Waals surface area contributed by atoms with Crippen LogP contribution in [0.5, 0.6) is 0 Å². The molecule has 2 unspecified atom stereocenters. The number of nitrogen functional groups attached to an aromatic ring is 1. The number of halogens is 1. The van der Waals surface area contributed by atoms with E-state index in [2.05, 4.69) is 15.9 Å². The predicted molar refractivity (Wildman–Crippen MR) is 87.6 cm³/mol. The van der Waals surface area contributed by atoms with E-state index in [1.165, 1.54) is 0 Å². The second-order valence-corrected chi connectivity index (χ2v) is 7.55. The highest BCUT2D eigenvalue weighted by molar-refractivity contribution is 9.10. The Bertz CT molecular complexity index is 546. The van der Waals surface area contributed by atoms with Gasteiger partial charge in [0.15, 0.2) is 0 Å². The molecule has 2 heterocycles. The zero-order valence-electron chi connectivity index (χ0n) is 11.6. The Balaban J connectivity index is 1.68. The smallest absolute Gasteiger partial charge is 0.339 e. The number of esters is 1. The van der Waals surface area contributed by atoms with Crippen molar-refractivity contribution in [3.05, 3.63) is 28.2 Å². The lowest BCUT2D eigenvalue weighted by Crippen LogP contribution is -2.43. The summed E-state index contributed by atoms with van der Waals surface area (Å²) in [6.45, 7) is 0.663. The molecule has 0 radical (unpaired) electrons. The summed E-state index contributed by atoms with van der Waals surface area (Å²) in [5, 5.41) is 0. The summed E-state index contributed by atoms with van der Waals surface area (Å²) >= 11 is 5.28. The van der Waals surface area contributed by atoms with Gasteiger partial charge in [0.25, 0.3) is 0 Å². The maximum absolute atomic E-state index is 12.3. The molecule has 6 heteroatoms. The second-order valence-electron chi connectivity index (χ2n) is 5.59. The lowest BCUT2D eigenvalue weighted by Gasteiger charge is -2.37. The Morgan fingerprint density at radius 3 is 3.14 bits per heavy atom. The topological polar surface area (TPSA) is 61.6 Å². The minimum atomic E-state index is -0.318. The molecule has 2 aliphatic heterocycles. The summed E-state index contributed by atoms with van der Waals surface area (Å²) < 4.78 is 12.3. The van der Waals surface area contributed by atoms with Gasteiger partial charge < -0.3 is 15.2 Å². The van der Waals surface area contributed by atoms with E-state index in [-0.39, 0.29) is 17.7 Å². The number of benzene rings is 1. The van der Waals surface area contributed by atoms with Gasteiger partial charge in [0.05, 0.1) is 17.8 Å². The standard InChI is InChI=1S/C15H18BrNO3S/c16-13-2-1-10(17)7-12(13)14(18)20-11-3-5-19-15(8-11)4-6-21-9-15/h1-2,7,11H,3-6,8-9,17H2. The number of carbonyl (C=O) groups is 1. The van der Waals surface area contributed by atoms with Crippen molar-refractivity contribution in [2.75, 3.05) is 23.8 Å². The highest BCUT2D eigenvalue weighted by Gasteiger charge is 2.41. The largest absolute Gasteiger partial charge is 0.459 e. The molecule has 21 heavy (non-hydrogen) atoms. The second kappa shape index (κ2) is 6.18. The van der Waals surface area contributed by atoms with Crippen LogP contribution in [0, 0.1) is 0 Å². The van der Waals surface area contributed by atoms with Crippen molar-refractivity contribution in [2.45, 2.75) is 31.0 Å². The SMILES string of the molecule is Nc1ccc(Br)c(C(=O)OC2CCOC3(CCSC3)C2)c1. The van der Waals surface area contributed by atoms with Crippen molar-refractivity contribution in [3.63, 3.8) is 0 Å². The summed E-state index contributed by atoms with van der Waals surface area (Å²) in [4.78, 5) is 12.3. The molecule has 3 rings (SSSR count). The van der Waals surface area contributed by atoms with E-state index in [4.69, 9.17) is 15.2 Å². The fourth-order valence-corrected chi connectivity index (χ4v) is 4.65. The number of rotatable bonds is 2. The van der Waals surface area contributed by atoms with Gasteiger partial charge in [-0.2, -0.15) is 11.8 Å². The van der Waals surface area contributed by atoms with Gasteiger partial charge in [-0.1, -0.05) is 0 Å². The Morgan fingerprint density at radius 2 is 2.38 bits per heavy atom. The Labute approximate surface area is 136 Å². The van der Waals surface area contributed by atoms with Crippen molar-refractivity contribution >= 4 is 39.3 Å². The third-order valence-electron chi connectivity index (χ3n) is 4.00. The molecule has 114 valence electrons. The van der Waals surface area contributed by atoms with Crippen molar-refractivity contribution in [1.82, 2.24) is 0 Å². The van der Waals surface area contributed by atoms with Crippen LogP contribution in [0.4, 0.5) is 5.69 Å². The number of anilines is 1. The van der Waals surface area contributed by atoms with Crippen LogP contribution < -0.4 is 5.73 Å². The van der Waals surface area contributed by atoms with E-state index >= 15 is 0 Å². The number of nitrogens with two attached hydrogens (primary N) is 1. The van der Waals surface area contributed by atoms with Gasteiger partial charge in [0.1, 0.15) is 6.10 Å². The van der Waals surface area contributed by atoms with E-state index in [0.29, 0.717) is 22.3 Å². The molecular formula is C15H18BrNO3S. The van der Waals surface area contributed by atoms with Gasteiger partial charge in [0, 0.05) is 28.8 Å². The Hall–Kier alpha value is -0.720. The third kappa shape index (κ3) is 3.38. The number of thioether (sulfide) groups is 1. The molecule has 1 spiro atoms. The molecule has 4 nitrogen and oxygen atoms in total. The average Bonchev–Trinajstić information content (AvgIpc) is 2.89. The van der Waals surface area contributed by atoms with E-state index in [1.807, 2.05) is 11.8 Å². The highest BCUT2D eigenvalue weighted by Crippen LogP contribution is 2.39. The molecule has 1 aromatic carbocycles. The van der Waals surface area contributed by atoms with Crippen LogP contribution in [-0.4, -0.2) is 35.8 Å². The van der Waals surface area contributed by atoms with Crippen LogP contribution in [0.15, 0.2) is 22.7 Å². The van der Waals surface area contributed by atoms with Gasteiger partial charge in [0.2, 0.25) is 0 Å². The van der Waals surface area contributed by atoms with Gasteiger partial charge in [-0.05, 0) is 46.3 Å². The minimum Gasteiger partial charge on any atom is -0.459 e. The monoisotopic (exact) mass is 371 g/mol. The zero-order valence-corrected chi connectivity index (χ0v) is 14.0. The lowest BCUT2D eigenvalue weighted by atomic mass is 9.91. The van der Waals surface area contributed by atoms with Gasteiger partial charge in [-0.3, -0.25) is 0 Å². The molecule has 2 aliphatic rings. The first-order chi connectivity index (χ1) is 10.1. The number of ether oxygens (including phenoxy) is 2. The van der Waals surface area contributed by atoms with Crippen LogP contribution in [0.3, 0.4) is 0 Å². The summed E-state index contributed by atoms with van der Waals surface area (Å²) in [6.07, 6.45) is 2.54. The minimum absolute atomic E-state index is 0.0710. The van der Waals surface area contributed by atoms with Crippen molar-refractivity contribution in [3.8, 4) is 0 Å². The van der Waals surface area contributed by atoms with Gasteiger partial charge in [-0.15, -0.1) is 0 Å². The number of carbonyl (C=O) groups excluding carboxylic acids is 1. The molecule has 1 aromatic rings. The molecule has 2 saturated heterocycles. The van der Waals surface area contributed by atoms with Crippen LogP contribution in [0.2, 0.25) is 0 Å². The molecule has 0 amide bonds. The Kier molecular flexibility index (Phi) is 4.47. The van der Waals surface area contributed by atoms with E-state index in [1.54, 1.807) is 18.2 Å². The fourth-order valence-electron chi connectivity index (χ4n) is 2.86. The quantitative estimate of drug-likeness (QED) is 0.638. The van der Waals surface area contributed by atoms with Crippen LogP contribution >= 0.6 is 27.7 Å². The average molecular weight is 372 g/mol. The molecule has 0 bridgehead atoms. The fraction of sp³-hybridized carbons (Fsp3) is 0.533. The van der Waals surface area contributed by atoms with Crippen molar-refractivity contribution < 1.29 is 14.3 Å². The first kappa shape index (κ1) is 15.2. The van der Waals surface area contributed by atoms with E-state index in [9.17, 15) is 4.79 Å².